The molecule has 0 radical (unpaired) electrons. The van der Waals surface area contributed by atoms with Crippen LogP contribution in [0.1, 0.15) is 24.1 Å². The highest BCUT2D eigenvalue weighted by Crippen LogP contribution is 2.40. The molecule has 1 atom stereocenters. The number of aromatic hydroxyl groups is 1. The number of carbonyl (C=O) groups is 2. The predicted octanol–water partition coefficient (Wildman–Crippen LogP) is 1.65. The summed E-state index contributed by atoms with van der Waals surface area (Å²) in [6.45, 7) is 1.29. The summed E-state index contributed by atoms with van der Waals surface area (Å²) in [7, 11) is 4.05. The zero-order chi connectivity index (χ0) is 28.4. The number of halogens is 1. The van der Waals surface area contributed by atoms with Gasteiger partial charge in [0.1, 0.15) is 0 Å². The number of nitrogens with zero attached hydrogens (tertiary/aromatic N) is 2. The third-order valence-corrected chi connectivity index (χ3v) is 7.14. The summed E-state index contributed by atoms with van der Waals surface area (Å²) in [5.74, 6) is -0.884. The Balaban J connectivity index is 1.93. The number of phenolic OH excluding ortho intramolecular Hbond substituents is 1. The van der Waals surface area contributed by atoms with E-state index in [4.69, 9.17) is 36.3 Å². The van der Waals surface area contributed by atoms with Crippen LogP contribution in [0, 0.1) is 0 Å². The highest BCUT2D eigenvalue weighted by molar-refractivity contribution is 7.07. The third-order valence-electron chi connectivity index (χ3n) is 5.87. The van der Waals surface area contributed by atoms with E-state index in [0.29, 0.717) is 31.9 Å². The van der Waals surface area contributed by atoms with Gasteiger partial charge < -0.3 is 29.8 Å². The lowest BCUT2D eigenvalue weighted by atomic mass is 9.95. The zero-order valence-corrected chi connectivity index (χ0v) is 22.9. The van der Waals surface area contributed by atoms with E-state index in [9.17, 15) is 19.5 Å². The van der Waals surface area contributed by atoms with Gasteiger partial charge in [0.2, 0.25) is 0 Å². The van der Waals surface area contributed by atoms with Crippen molar-refractivity contribution < 1.29 is 33.6 Å². The summed E-state index contributed by atoms with van der Waals surface area (Å²) in [6.07, 6.45) is 1.62. The molecule has 1 aliphatic heterocycles. The first-order valence-corrected chi connectivity index (χ1v) is 12.5. The molecule has 1 amide bonds. The Morgan fingerprint density at radius 2 is 1.87 bits per heavy atom. The van der Waals surface area contributed by atoms with Crippen LogP contribution in [0.4, 0.5) is 0 Å². The molecule has 1 aliphatic rings. The van der Waals surface area contributed by atoms with Crippen LogP contribution in [0.25, 0.3) is 6.08 Å². The maximum absolute atomic E-state index is 13.8. The van der Waals surface area contributed by atoms with E-state index in [1.54, 1.807) is 31.2 Å². The SMILES string of the molecule is COC(=O)C1=C(C)N=c2sc(=Cc3ccc(OC)c(OCC(N)=O)c3)c(=O)n2C1c1cc(Cl)c(O)c(OC)c1. The Morgan fingerprint density at radius 1 is 1.15 bits per heavy atom. The second-order valence-corrected chi connectivity index (χ2v) is 9.71. The van der Waals surface area contributed by atoms with Gasteiger partial charge in [-0.05, 0) is 48.4 Å². The first-order chi connectivity index (χ1) is 18.6. The number of hydrogen-bond donors (Lipinski definition) is 2. The van der Waals surface area contributed by atoms with E-state index in [-0.39, 0.29) is 34.5 Å². The van der Waals surface area contributed by atoms with E-state index in [0.717, 1.165) is 11.3 Å². The molecule has 204 valence electrons. The molecule has 3 aromatic rings. The van der Waals surface area contributed by atoms with E-state index < -0.39 is 23.5 Å². The van der Waals surface area contributed by atoms with Crippen LogP contribution >= 0.6 is 22.9 Å². The van der Waals surface area contributed by atoms with E-state index in [1.807, 2.05) is 0 Å². The molecule has 1 aromatic heterocycles. The van der Waals surface area contributed by atoms with Crippen molar-refractivity contribution in [3.05, 3.63) is 77.4 Å². The number of benzene rings is 2. The second-order valence-electron chi connectivity index (χ2n) is 8.29. The maximum atomic E-state index is 13.8. The fourth-order valence-electron chi connectivity index (χ4n) is 4.11. The normalized spacial score (nSPS) is 14.9. The second kappa shape index (κ2) is 11.2. The molecule has 1 unspecified atom stereocenters. The molecule has 2 aromatic carbocycles. The number of hydrogen-bond acceptors (Lipinski definition) is 10. The van der Waals surface area contributed by atoms with Gasteiger partial charge in [-0.3, -0.25) is 14.2 Å². The molecule has 0 bridgehead atoms. The number of nitrogens with two attached hydrogens (primary N) is 1. The average molecular weight is 574 g/mol. The van der Waals surface area contributed by atoms with E-state index in [1.165, 1.54) is 38.0 Å². The number of rotatable bonds is 8. The van der Waals surface area contributed by atoms with Gasteiger partial charge in [-0.2, -0.15) is 0 Å². The maximum Gasteiger partial charge on any atom is 0.338 e. The quantitative estimate of drug-likeness (QED) is 0.386. The lowest BCUT2D eigenvalue weighted by Gasteiger charge is -2.25. The largest absolute Gasteiger partial charge is 0.503 e. The first kappa shape index (κ1) is 27.7. The number of primary amides is 1. The number of fused-ring (bicyclic) bond motifs is 1. The van der Waals surface area contributed by atoms with E-state index >= 15 is 0 Å². The average Bonchev–Trinajstić information content (AvgIpc) is 3.21. The Labute approximate surface area is 231 Å². The van der Waals surface area contributed by atoms with Crippen molar-refractivity contribution in [2.75, 3.05) is 27.9 Å². The lowest BCUT2D eigenvalue weighted by Crippen LogP contribution is -2.39. The fourth-order valence-corrected chi connectivity index (χ4v) is 5.38. The zero-order valence-electron chi connectivity index (χ0n) is 21.3. The summed E-state index contributed by atoms with van der Waals surface area (Å²) in [4.78, 5) is 42.7. The van der Waals surface area contributed by atoms with Crippen LogP contribution < -0.4 is 34.8 Å². The number of methoxy groups -OCH3 is 3. The minimum atomic E-state index is -0.965. The van der Waals surface area contributed by atoms with Crippen LogP contribution in [0.15, 0.2) is 51.4 Å². The molecule has 4 rings (SSSR count). The molecule has 11 nitrogen and oxygen atoms in total. The fraction of sp³-hybridized carbons (Fsp3) is 0.231. The summed E-state index contributed by atoms with van der Waals surface area (Å²) in [6, 6.07) is 6.93. The summed E-state index contributed by atoms with van der Waals surface area (Å²) < 4.78 is 22.6. The third kappa shape index (κ3) is 5.33. The lowest BCUT2D eigenvalue weighted by molar-refractivity contribution is -0.136. The number of aromatic nitrogens is 1. The van der Waals surface area contributed by atoms with Gasteiger partial charge in [0, 0.05) is 0 Å². The van der Waals surface area contributed by atoms with Crippen LogP contribution in [0.2, 0.25) is 5.02 Å². The van der Waals surface area contributed by atoms with Crippen molar-refractivity contribution >= 4 is 40.9 Å². The minimum Gasteiger partial charge on any atom is -0.503 e. The van der Waals surface area contributed by atoms with Crippen LogP contribution in [-0.2, 0) is 14.3 Å². The van der Waals surface area contributed by atoms with Gasteiger partial charge in [0.15, 0.2) is 34.4 Å². The molecular weight excluding hydrogens is 550 g/mol. The molecule has 0 saturated carbocycles. The van der Waals surface area contributed by atoms with Crippen molar-refractivity contribution in [1.82, 2.24) is 4.57 Å². The van der Waals surface area contributed by atoms with Crippen LogP contribution in [-0.4, -0.2) is 49.5 Å². The van der Waals surface area contributed by atoms with Gasteiger partial charge in [0.25, 0.3) is 11.5 Å². The number of amides is 1. The van der Waals surface area contributed by atoms with Gasteiger partial charge in [-0.15, -0.1) is 0 Å². The molecule has 0 saturated heterocycles. The Kier molecular flexibility index (Phi) is 7.98. The molecule has 2 heterocycles. The number of esters is 1. The van der Waals surface area contributed by atoms with Gasteiger partial charge in [0.05, 0.1) is 48.2 Å². The molecule has 0 fully saturated rings. The van der Waals surface area contributed by atoms with Crippen molar-refractivity contribution in [2.24, 2.45) is 10.7 Å². The van der Waals surface area contributed by atoms with Crippen molar-refractivity contribution in [3.8, 4) is 23.0 Å². The predicted molar refractivity (Wildman–Crippen MR) is 143 cm³/mol. The molecule has 13 heteroatoms. The molecule has 0 spiro atoms. The van der Waals surface area contributed by atoms with Crippen molar-refractivity contribution in [2.45, 2.75) is 13.0 Å². The van der Waals surface area contributed by atoms with Crippen molar-refractivity contribution in [1.29, 1.82) is 0 Å². The minimum absolute atomic E-state index is 0.0212. The summed E-state index contributed by atoms with van der Waals surface area (Å²) >= 11 is 7.36. The van der Waals surface area contributed by atoms with Gasteiger partial charge >= 0.3 is 5.97 Å². The Hall–Kier alpha value is -4.29. The van der Waals surface area contributed by atoms with Crippen LogP contribution in [0.3, 0.4) is 0 Å². The standard InChI is InChI=1S/C26H24ClN3O8S/c1-12-21(25(34)37-4)22(14-9-15(27)23(32)18(10-14)36-3)30-24(33)19(39-26(30)29-12)8-13-5-6-16(35-2)17(7-13)38-11-20(28)31/h5-10,22,32H,11H2,1-4H3,(H2,28,31). The first-order valence-electron chi connectivity index (χ1n) is 11.4. The molecule has 3 N–H and O–H groups in total. The molecule has 39 heavy (non-hydrogen) atoms. The monoisotopic (exact) mass is 573 g/mol. The highest BCUT2D eigenvalue weighted by Gasteiger charge is 2.34. The smallest absolute Gasteiger partial charge is 0.338 e. The van der Waals surface area contributed by atoms with E-state index in [2.05, 4.69) is 4.99 Å². The van der Waals surface area contributed by atoms with Crippen molar-refractivity contribution in [3.63, 3.8) is 0 Å². The summed E-state index contributed by atoms with van der Waals surface area (Å²) in [5, 5.41) is 10.2. The number of thiazole rings is 1. The van der Waals surface area contributed by atoms with Gasteiger partial charge in [-0.1, -0.05) is 29.0 Å². The topological polar surface area (TPSA) is 152 Å². The van der Waals surface area contributed by atoms with Gasteiger partial charge in [-0.25, -0.2) is 9.79 Å². The van der Waals surface area contributed by atoms with Crippen LogP contribution in [0.5, 0.6) is 23.0 Å². The molecular formula is C26H24ClN3O8S. The number of carbonyl (C=O) groups excluding carboxylic acids is 2. The summed E-state index contributed by atoms with van der Waals surface area (Å²) in [5.41, 5.74) is 6.23. The Bertz CT molecular complexity index is 1690. The Morgan fingerprint density at radius 3 is 2.51 bits per heavy atom. The number of allylic oxidation sites excluding steroid dienone is 1. The number of ether oxygens (including phenoxy) is 4. The number of phenols is 1. The molecule has 0 aliphatic carbocycles. The highest BCUT2D eigenvalue weighted by atomic mass is 35.5.